The van der Waals surface area contributed by atoms with E-state index in [9.17, 15) is 4.79 Å². The van der Waals surface area contributed by atoms with Crippen LogP contribution in [0.15, 0.2) is 12.1 Å². The van der Waals surface area contributed by atoms with Crippen LogP contribution in [0.2, 0.25) is 0 Å². The molecule has 3 aliphatic heterocycles. The Labute approximate surface area is 150 Å². The third kappa shape index (κ3) is 3.10. The topological polar surface area (TPSA) is 44.8 Å². The van der Waals surface area contributed by atoms with Gasteiger partial charge in [-0.3, -0.25) is 4.79 Å². The van der Waals surface area contributed by atoms with Gasteiger partial charge in [0.1, 0.15) is 5.75 Å². The van der Waals surface area contributed by atoms with Crippen molar-refractivity contribution < 1.29 is 9.53 Å². The summed E-state index contributed by atoms with van der Waals surface area (Å²) < 4.78 is 6.15. The van der Waals surface area contributed by atoms with Crippen LogP contribution in [0, 0.1) is 5.92 Å². The van der Waals surface area contributed by atoms with Gasteiger partial charge in [0, 0.05) is 37.4 Å². The van der Waals surface area contributed by atoms with E-state index >= 15 is 0 Å². The zero-order valence-corrected chi connectivity index (χ0v) is 15.2. The lowest BCUT2D eigenvalue weighted by molar-refractivity contribution is -0.108. The lowest BCUT2D eigenvalue weighted by Crippen LogP contribution is -2.53. The molecule has 2 bridgehead atoms. The van der Waals surface area contributed by atoms with Crippen molar-refractivity contribution >= 4 is 17.8 Å². The summed E-state index contributed by atoms with van der Waals surface area (Å²) in [4.78, 5) is 16.7. The molecule has 25 heavy (non-hydrogen) atoms. The summed E-state index contributed by atoms with van der Waals surface area (Å²) >= 11 is 0. The molecule has 0 aliphatic carbocycles. The van der Waals surface area contributed by atoms with Gasteiger partial charge in [-0.25, -0.2) is 0 Å². The summed E-state index contributed by atoms with van der Waals surface area (Å²) in [6, 6.07) is 4.47. The molecule has 0 spiro atoms. The molecule has 4 rings (SSSR count). The van der Waals surface area contributed by atoms with Gasteiger partial charge in [0.25, 0.3) is 0 Å². The SMILES string of the molecule is CNc1ccc(N(C=O)C2CCN3CCCC2C3)c2c1CCCCO2. The largest absolute Gasteiger partial charge is 0.491 e. The van der Waals surface area contributed by atoms with Crippen LogP contribution in [0.25, 0.3) is 0 Å². The molecule has 0 aromatic heterocycles. The quantitative estimate of drug-likeness (QED) is 0.854. The lowest BCUT2D eigenvalue weighted by Gasteiger charge is -2.46. The molecular formula is C20H29N3O2. The molecule has 3 unspecified atom stereocenters. The Balaban J connectivity index is 1.70. The number of amides is 1. The summed E-state index contributed by atoms with van der Waals surface area (Å²) in [7, 11) is 1.95. The highest BCUT2D eigenvalue weighted by Crippen LogP contribution is 2.42. The number of piperidine rings is 2. The molecule has 0 radical (unpaired) electrons. The van der Waals surface area contributed by atoms with E-state index in [0.29, 0.717) is 12.0 Å². The maximum Gasteiger partial charge on any atom is 0.214 e. The van der Waals surface area contributed by atoms with E-state index in [1.165, 1.54) is 24.9 Å². The lowest BCUT2D eigenvalue weighted by atomic mass is 9.84. The fraction of sp³-hybridized carbons (Fsp3) is 0.650. The van der Waals surface area contributed by atoms with Gasteiger partial charge in [-0.2, -0.15) is 0 Å². The van der Waals surface area contributed by atoms with Crippen molar-refractivity contribution in [3.05, 3.63) is 17.7 Å². The third-order valence-corrected chi connectivity index (χ3v) is 6.15. The highest BCUT2D eigenvalue weighted by atomic mass is 16.5. The van der Waals surface area contributed by atoms with Crippen LogP contribution >= 0.6 is 0 Å². The van der Waals surface area contributed by atoms with Crippen molar-refractivity contribution in [2.45, 2.75) is 44.6 Å². The molecule has 0 saturated carbocycles. The second-order valence-corrected chi connectivity index (χ2v) is 7.57. The molecule has 1 aromatic carbocycles. The maximum atomic E-state index is 12.1. The first-order valence-corrected chi connectivity index (χ1v) is 9.74. The van der Waals surface area contributed by atoms with Crippen LogP contribution in [0.3, 0.4) is 0 Å². The molecule has 3 aliphatic rings. The van der Waals surface area contributed by atoms with Crippen molar-refractivity contribution in [1.29, 1.82) is 0 Å². The average Bonchev–Trinajstić information content (AvgIpc) is 2.90. The second-order valence-electron chi connectivity index (χ2n) is 7.57. The van der Waals surface area contributed by atoms with Crippen molar-refractivity contribution in [3.63, 3.8) is 0 Å². The first-order valence-electron chi connectivity index (χ1n) is 9.74. The van der Waals surface area contributed by atoms with Crippen LogP contribution in [-0.2, 0) is 11.2 Å². The molecule has 3 atom stereocenters. The Bertz CT molecular complexity index is 634. The smallest absolute Gasteiger partial charge is 0.214 e. The van der Waals surface area contributed by atoms with E-state index in [1.54, 1.807) is 0 Å². The first-order chi connectivity index (χ1) is 12.3. The van der Waals surface area contributed by atoms with Crippen molar-refractivity contribution in [3.8, 4) is 5.75 Å². The number of fused-ring (bicyclic) bond motifs is 3. The maximum absolute atomic E-state index is 12.1. The number of hydrogen-bond acceptors (Lipinski definition) is 4. The molecule has 5 heteroatoms. The second kappa shape index (κ2) is 7.24. The summed E-state index contributed by atoms with van der Waals surface area (Å²) in [5, 5.41) is 3.29. The van der Waals surface area contributed by atoms with E-state index in [2.05, 4.69) is 22.3 Å². The Morgan fingerprint density at radius 2 is 2.16 bits per heavy atom. The van der Waals surface area contributed by atoms with E-state index in [1.807, 2.05) is 11.9 Å². The minimum absolute atomic E-state index is 0.297. The van der Waals surface area contributed by atoms with Gasteiger partial charge in [-0.15, -0.1) is 0 Å². The summed E-state index contributed by atoms with van der Waals surface area (Å²) in [6.45, 7) is 4.19. The first kappa shape index (κ1) is 16.7. The van der Waals surface area contributed by atoms with E-state index < -0.39 is 0 Å². The van der Waals surface area contributed by atoms with Gasteiger partial charge in [0.05, 0.1) is 12.3 Å². The molecule has 5 nitrogen and oxygen atoms in total. The monoisotopic (exact) mass is 343 g/mol. The fourth-order valence-corrected chi connectivity index (χ4v) is 4.88. The predicted octanol–water partition coefficient (Wildman–Crippen LogP) is 2.89. The van der Waals surface area contributed by atoms with Gasteiger partial charge in [-0.1, -0.05) is 0 Å². The summed E-state index contributed by atoms with van der Waals surface area (Å²) in [5.41, 5.74) is 3.32. The van der Waals surface area contributed by atoms with E-state index in [4.69, 9.17) is 4.74 Å². The van der Waals surface area contributed by atoms with Crippen molar-refractivity contribution in [2.24, 2.45) is 5.92 Å². The van der Waals surface area contributed by atoms with E-state index in [0.717, 1.165) is 68.9 Å². The zero-order valence-electron chi connectivity index (χ0n) is 15.2. The standard InChI is InChI=1S/C20H29N3O2/c1-21-17-7-8-19(20-16(17)6-2-3-12-25-20)23(14-24)18-9-11-22-10-4-5-15(18)13-22/h7-8,14-15,18,21H,2-6,9-13H2,1H3. The van der Waals surface area contributed by atoms with Crippen molar-refractivity contribution in [2.75, 3.05) is 43.5 Å². The number of carbonyl (C=O) groups excluding carboxylic acids is 1. The number of hydrogen-bond donors (Lipinski definition) is 1. The van der Waals surface area contributed by atoms with Crippen LogP contribution in [0.4, 0.5) is 11.4 Å². The number of nitrogens with one attached hydrogen (secondary N) is 1. The number of benzene rings is 1. The molecule has 1 aromatic rings. The molecule has 136 valence electrons. The van der Waals surface area contributed by atoms with Gasteiger partial charge < -0.3 is 19.9 Å². The number of ether oxygens (including phenoxy) is 1. The van der Waals surface area contributed by atoms with Gasteiger partial charge in [-0.05, 0) is 63.1 Å². The van der Waals surface area contributed by atoms with Crippen molar-refractivity contribution in [1.82, 2.24) is 4.90 Å². The number of carbonyl (C=O) groups is 1. The predicted molar refractivity (Wildman–Crippen MR) is 101 cm³/mol. The molecule has 1 amide bonds. The van der Waals surface area contributed by atoms with Crippen LogP contribution in [0.1, 0.15) is 37.7 Å². The Morgan fingerprint density at radius 3 is 3.00 bits per heavy atom. The Kier molecular flexibility index (Phi) is 4.84. The fourth-order valence-electron chi connectivity index (χ4n) is 4.88. The highest BCUT2D eigenvalue weighted by molar-refractivity contribution is 5.83. The van der Waals surface area contributed by atoms with Gasteiger partial charge >= 0.3 is 0 Å². The number of rotatable bonds is 4. The van der Waals surface area contributed by atoms with Gasteiger partial charge in [0.2, 0.25) is 6.41 Å². The van der Waals surface area contributed by atoms with E-state index in [-0.39, 0.29) is 0 Å². The van der Waals surface area contributed by atoms with Crippen LogP contribution in [0.5, 0.6) is 5.75 Å². The zero-order chi connectivity index (χ0) is 17.2. The molecule has 1 N–H and O–H groups in total. The van der Waals surface area contributed by atoms with Crippen LogP contribution in [-0.4, -0.2) is 50.6 Å². The minimum Gasteiger partial charge on any atom is -0.491 e. The van der Waals surface area contributed by atoms with Crippen LogP contribution < -0.4 is 15.0 Å². The molecule has 2 fully saturated rings. The number of nitrogens with zero attached hydrogens (tertiary/aromatic N) is 2. The average molecular weight is 343 g/mol. The highest BCUT2D eigenvalue weighted by Gasteiger charge is 2.37. The summed E-state index contributed by atoms with van der Waals surface area (Å²) in [6.07, 6.45) is 7.79. The van der Waals surface area contributed by atoms with Gasteiger partial charge in [0.15, 0.2) is 0 Å². The minimum atomic E-state index is 0.297. The number of anilines is 2. The Morgan fingerprint density at radius 1 is 1.24 bits per heavy atom. The molecule has 3 heterocycles. The third-order valence-electron chi connectivity index (χ3n) is 6.15. The normalized spacial score (nSPS) is 28.3. The molecule has 2 saturated heterocycles. The molecular weight excluding hydrogens is 314 g/mol. The Hall–Kier alpha value is -1.75. The summed E-state index contributed by atoms with van der Waals surface area (Å²) in [5.74, 6) is 1.51.